The first-order valence-corrected chi connectivity index (χ1v) is 6.48. The average molecular weight is 269 g/mol. The fourth-order valence-corrected chi connectivity index (χ4v) is 2.20. The van der Waals surface area contributed by atoms with Gasteiger partial charge in [0.15, 0.2) is 0 Å². The Morgan fingerprint density at radius 2 is 2.11 bits per heavy atom. The number of carboxylic acids is 1. The lowest BCUT2D eigenvalue weighted by Gasteiger charge is -2.33. The van der Waals surface area contributed by atoms with Gasteiger partial charge in [-0.05, 0) is 18.8 Å². The number of hydrogen-bond donors (Lipinski definition) is 2. The van der Waals surface area contributed by atoms with Gasteiger partial charge in [-0.1, -0.05) is 0 Å². The van der Waals surface area contributed by atoms with E-state index in [2.05, 4.69) is 5.32 Å². The van der Waals surface area contributed by atoms with E-state index < -0.39 is 5.97 Å². The Hall–Kier alpha value is -1.79. The Bertz CT molecular complexity index is 394. The number of rotatable bonds is 4. The molecule has 0 aromatic rings. The molecule has 1 aliphatic heterocycles. The van der Waals surface area contributed by atoms with Crippen LogP contribution < -0.4 is 5.32 Å². The summed E-state index contributed by atoms with van der Waals surface area (Å²) >= 11 is 0. The zero-order chi connectivity index (χ0) is 14.0. The van der Waals surface area contributed by atoms with Crippen LogP contribution >= 0.6 is 0 Å². The summed E-state index contributed by atoms with van der Waals surface area (Å²) in [5, 5.41) is 11.6. The molecule has 0 radical (unpaired) electrons. The lowest BCUT2D eigenvalue weighted by Crippen LogP contribution is -2.55. The van der Waals surface area contributed by atoms with Crippen LogP contribution in [0, 0.1) is 5.92 Å². The normalized spacial score (nSPS) is 21.2. The first kappa shape index (κ1) is 13.6. The van der Waals surface area contributed by atoms with Crippen molar-refractivity contribution in [2.75, 3.05) is 26.7 Å². The fourth-order valence-electron chi connectivity index (χ4n) is 2.20. The Balaban J connectivity index is 1.88. The standard InChI is InChI=1S/C12H19N3O4/c1-14-4-5-15(7-10(14)16)12(19)13-9(6-11(17)18)8-2-3-8/h8-9H,2-7H2,1H3,(H,13,19)(H,17,18). The Kier molecular flexibility index (Phi) is 3.92. The van der Waals surface area contributed by atoms with Crippen LogP contribution in [-0.4, -0.2) is 65.5 Å². The maximum atomic E-state index is 12.0. The van der Waals surface area contributed by atoms with Crippen LogP contribution in [0.2, 0.25) is 0 Å². The third-order valence-electron chi connectivity index (χ3n) is 3.64. The number of hydrogen-bond acceptors (Lipinski definition) is 3. The van der Waals surface area contributed by atoms with E-state index in [0.717, 1.165) is 12.8 Å². The van der Waals surface area contributed by atoms with Gasteiger partial charge in [-0.3, -0.25) is 9.59 Å². The van der Waals surface area contributed by atoms with Crippen LogP contribution in [0.15, 0.2) is 0 Å². The molecule has 1 atom stereocenters. The second-order valence-corrected chi connectivity index (χ2v) is 5.23. The molecule has 2 N–H and O–H groups in total. The van der Waals surface area contributed by atoms with Crippen molar-refractivity contribution in [3.05, 3.63) is 0 Å². The smallest absolute Gasteiger partial charge is 0.318 e. The number of carbonyl (C=O) groups excluding carboxylic acids is 2. The Morgan fingerprint density at radius 1 is 1.42 bits per heavy atom. The molecule has 1 heterocycles. The predicted molar refractivity (Wildman–Crippen MR) is 66.5 cm³/mol. The van der Waals surface area contributed by atoms with E-state index in [1.165, 1.54) is 4.90 Å². The van der Waals surface area contributed by atoms with E-state index in [0.29, 0.717) is 13.1 Å². The zero-order valence-electron chi connectivity index (χ0n) is 11.0. The lowest BCUT2D eigenvalue weighted by molar-refractivity contribution is -0.138. The molecule has 0 spiro atoms. The van der Waals surface area contributed by atoms with Gasteiger partial charge in [-0.25, -0.2) is 4.79 Å². The zero-order valence-corrected chi connectivity index (χ0v) is 11.0. The second-order valence-electron chi connectivity index (χ2n) is 5.23. The number of carboxylic acid groups (broad SMARTS) is 1. The highest BCUT2D eigenvalue weighted by atomic mass is 16.4. The summed E-state index contributed by atoms with van der Waals surface area (Å²) in [4.78, 5) is 37.4. The van der Waals surface area contributed by atoms with Crippen molar-refractivity contribution in [2.24, 2.45) is 5.92 Å². The van der Waals surface area contributed by atoms with Crippen molar-refractivity contribution in [1.82, 2.24) is 15.1 Å². The van der Waals surface area contributed by atoms with Gasteiger partial charge >= 0.3 is 12.0 Å². The van der Waals surface area contributed by atoms with E-state index in [4.69, 9.17) is 5.11 Å². The molecule has 0 bridgehead atoms. The summed E-state index contributed by atoms with van der Waals surface area (Å²) in [5.74, 6) is -0.738. The topological polar surface area (TPSA) is 89.9 Å². The largest absolute Gasteiger partial charge is 0.481 e. The first-order valence-electron chi connectivity index (χ1n) is 6.48. The van der Waals surface area contributed by atoms with Crippen molar-refractivity contribution in [3.8, 4) is 0 Å². The van der Waals surface area contributed by atoms with E-state index in [1.807, 2.05) is 0 Å². The molecule has 1 saturated heterocycles. The fraction of sp³-hybridized carbons (Fsp3) is 0.750. The van der Waals surface area contributed by atoms with Gasteiger partial charge in [-0.2, -0.15) is 0 Å². The number of urea groups is 1. The van der Waals surface area contributed by atoms with Gasteiger partial charge in [0.25, 0.3) is 0 Å². The molecule has 7 nitrogen and oxygen atoms in total. The summed E-state index contributed by atoms with van der Waals surface area (Å²) in [6.45, 7) is 1.06. The monoisotopic (exact) mass is 269 g/mol. The summed E-state index contributed by atoms with van der Waals surface area (Å²) in [6.07, 6.45) is 1.86. The molecule has 0 aromatic heterocycles. The van der Waals surface area contributed by atoms with Crippen LogP contribution in [0.3, 0.4) is 0 Å². The molecule has 0 aromatic carbocycles. The SMILES string of the molecule is CN1CCN(C(=O)NC(CC(=O)O)C2CC2)CC1=O. The van der Waals surface area contributed by atoms with Crippen LogP contribution in [0.1, 0.15) is 19.3 Å². The van der Waals surface area contributed by atoms with Gasteiger partial charge in [0, 0.05) is 26.2 Å². The number of aliphatic carboxylic acids is 1. The first-order chi connectivity index (χ1) is 8.97. The summed E-state index contributed by atoms with van der Waals surface area (Å²) in [7, 11) is 1.70. The maximum absolute atomic E-state index is 12.0. The maximum Gasteiger partial charge on any atom is 0.318 e. The third kappa shape index (κ3) is 3.59. The van der Waals surface area contributed by atoms with Crippen LogP contribution in [0.5, 0.6) is 0 Å². The van der Waals surface area contributed by atoms with Gasteiger partial charge in [-0.15, -0.1) is 0 Å². The van der Waals surface area contributed by atoms with Gasteiger partial charge < -0.3 is 20.2 Å². The van der Waals surface area contributed by atoms with Crippen molar-refractivity contribution in [1.29, 1.82) is 0 Å². The summed E-state index contributed by atoms with van der Waals surface area (Å²) in [6, 6.07) is -0.653. The minimum absolute atomic E-state index is 0.0574. The number of nitrogens with zero attached hydrogens (tertiary/aromatic N) is 2. The highest BCUT2D eigenvalue weighted by molar-refractivity contribution is 5.85. The van der Waals surface area contributed by atoms with Crippen molar-refractivity contribution in [3.63, 3.8) is 0 Å². The minimum atomic E-state index is -0.911. The molecule has 19 heavy (non-hydrogen) atoms. The molecule has 3 amide bonds. The minimum Gasteiger partial charge on any atom is -0.481 e. The van der Waals surface area contributed by atoms with Crippen molar-refractivity contribution >= 4 is 17.9 Å². The summed E-state index contributed by atoms with van der Waals surface area (Å²) in [5.41, 5.74) is 0. The van der Waals surface area contributed by atoms with Crippen molar-refractivity contribution < 1.29 is 19.5 Å². The summed E-state index contributed by atoms with van der Waals surface area (Å²) < 4.78 is 0. The molecule has 2 fully saturated rings. The number of nitrogens with one attached hydrogen (secondary N) is 1. The van der Waals surface area contributed by atoms with Gasteiger partial charge in [0.1, 0.15) is 6.54 Å². The van der Waals surface area contributed by atoms with Crippen LogP contribution in [0.25, 0.3) is 0 Å². The van der Waals surface area contributed by atoms with Gasteiger partial charge in [0.05, 0.1) is 6.42 Å². The molecule has 1 saturated carbocycles. The van der Waals surface area contributed by atoms with Crippen molar-refractivity contribution in [2.45, 2.75) is 25.3 Å². The van der Waals surface area contributed by atoms with Gasteiger partial charge in [0.2, 0.25) is 5.91 Å². The molecule has 7 heteroatoms. The van der Waals surface area contributed by atoms with E-state index in [-0.39, 0.29) is 36.9 Å². The Labute approximate surface area is 111 Å². The Morgan fingerprint density at radius 3 is 2.63 bits per heavy atom. The number of carbonyl (C=O) groups is 3. The molecular formula is C12H19N3O4. The van der Waals surface area contributed by atoms with Crippen LogP contribution in [-0.2, 0) is 9.59 Å². The van der Waals surface area contributed by atoms with E-state index in [9.17, 15) is 14.4 Å². The quantitative estimate of drug-likeness (QED) is 0.734. The average Bonchev–Trinajstić information content (AvgIpc) is 3.15. The molecule has 1 aliphatic carbocycles. The highest BCUT2D eigenvalue weighted by Crippen LogP contribution is 2.34. The lowest BCUT2D eigenvalue weighted by atomic mass is 10.1. The second kappa shape index (κ2) is 5.46. The number of piperazine rings is 1. The van der Waals surface area contributed by atoms with E-state index in [1.54, 1.807) is 11.9 Å². The molecule has 106 valence electrons. The third-order valence-corrected chi connectivity index (χ3v) is 3.64. The molecule has 2 rings (SSSR count). The number of amides is 3. The van der Waals surface area contributed by atoms with E-state index >= 15 is 0 Å². The predicted octanol–water partition coefficient (Wildman–Crippen LogP) is -0.277. The molecule has 2 aliphatic rings. The highest BCUT2D eigenvalue weighted by Gasteiger charge is 2.35. The van der Waals surface area contributed by atoms with Crippen LogP contribution in [0.4, 0.5) is 4.79 Å². The molecular weight excluding hydrogens is 250 g/mol. The molecule has 1 unspecified atom stereocenters. The number of likely N-dealkylation sites (N-methyl/N-ethyl adjacent to an activating group) is 1.